The van der Waals surface area contributed by atoms with Crippen LogP contribution in [-0.2, 0) is 4.79 Å². The third-order valence-corrected chi connectivity index (χ3v) is 3.16. The average molecular weight is 253 g/mol. The Morgan fingerprint density at radius 2 is 2.00 bits per heavy atom. The summed E-state index contributed by atoms with van der Waals surface area (Å²) in [5, 5.41) is 0. The van der Waals surface area contributed by atoms with Crippen LogP contribution in [0.3, 0.4) is 0 Å². The highest BCUT2D eigenvalue weighted by Gasteiger charge is 2.33. The first-order chi connectivity index (χ1) is 8.50. The number of hydrogen-bond donors (Lipinski definition) is 0. The van der Waals surface area contributed by atoms with Gasteiger partial charge >= 0.3 is 0 Å². The van der Waals surface area contributed by atoms with E-state index in [0.717, 1.165) is 18.6 Å². The highest BCUT2D eigenvalue weighted by molar-refractivity contribution is 6.02. The number of ketones is 1. The fourth-order valence-corrected chi connectivity index (χ4v) is 2.26. The second-order valence-electron chi connectivity index (χ2n) is 4.36. The molecule has 1 amide bonds. The highest BCUT2D eigenvalue weighted by atomic mass is 19.2. The van der Waals surface area contributed by atoms with Gasteiger partial charge in [-0.05, 0) is 31.0 Å². The van der Waals surface area contributed by atoms with Crippen LogP contribution in [0.1, 0.15) is 30.1 Å². The van der Waals surface area contributed by atoms with E-state index in [4.69, 9.17) is 0 Å². The SMILES string of the molecule is CC(=O)N1CCCC1C(=O)c1ccc(F)c(F)c1. The smallest absolute Gasteiger partial charge is 0.220 e. The second kappa shape index (κ2) is 4.84. The molecule has 1 aliphatic rings. The van der Waals surface area contributed by atoms with Crippen molar-refractivity contribution in [2.24, 2.45) is 0 Å². The van der Waals surface area contributed by atoms with Gasteiger partial charge in [-0.1, -0.05) is 0 Å². The number of carbonyl (C=O) groups excluding carboxylic acids is 2. The molecular formula is C13H13F2NO2. The van der Waals surface area contributed by atoms with Crippen molar-refractivity contribution in [3.8, 4) is 0 Å². The summed E-state index contributed by atoms with van der Waals surface area (Å²) in [7, 11) is 0. The van der Waals surface area contributed by atoms with Gasteiger partial charge in [-0.3, -0.25) is 9.59 Å². The number of halogens is 2. The van der Waals surface area contributed by atoms with Crippen LogP contribution in [0, 0.1) is 11.6 Å². The molecule has 1 saturated heterocycles. The lowest BCUT2D eigenvalue weighted by molar-refractivity contribution is -0.128. The Bertz CT molecular complexity index is 502. The molecule has 0 N–H and O–H groups in total. The van der Waals surface area contributed by atoms with Crippen molar-refractivity contribution in [3.63, 3.8) is 0 Å². The van der Waals surface area contributed by atoms with Crippen molar-refractivity contribution in [2.75, 3.05) is 6.54 Å². The summed E-state index contributed by atoms with van der Waals surface area (Å²) in [5.41, 5.74) is 0.104. The minimum Gasteiger partial charge on any atom is -0.333 e. The lowest BCUT2D eigenvalue weighted by atomic mass is 10.0. The molecule has 0 spiro atoms. The standard InChI is InChI=1S/C13H13F2NO2/c1-8(17)16-6-2-3-12(16)13(18)9-4-5-10(14)11(15)7-9/h4-5,7,12H,2-3,6H2,1H3. The maximum Gasteiger partial charge on any atom is 0.220 e. The van der Waals surface area contributed by atoms with Crippen LogP contribution in [0.4, 0.5) is 8.78 Å². The first-order valence-corrected chi connectivity index (χ1v) is 5.77. The van der Waals surface area contributed by atoms with Crippen molar-refractivity contribution in [1.82, 2.24) is 4.90 Å². The van der Waals surface area contributed by atoms with Gasteiger partial charge in [0.05, 0.1) is 6.04 Å². The van der Waals surface area contributed by atoms with E-state index in [0.29, 0.717) is 13.0 Å². The van der Waals surface area contributed by atoms with Crippen LogP contribution in [0.15, 0.2) is 18.2 Å². The second-order valence-corrected chi connectivity index (χ2v) is 4.36. The van der Waals surface area contributed by atoms with E-state index in [1.54, 1.807) is 0 Å². The molecule has 0 bridgehead atoms. The number of nitrogens with zero attached hydrogens (tertiary/aromatic N) is 1. The van der Waals surface area contributed by atoms with Gasteiger partial charge in [0.25, 0.3) is 0 Å². The molecule has 96 valence electrons. The van der Waals surface area contributed by atoms with Gasteiger partial charge in [-0.25, -0.2) is 8.78 Å². The third-order valence-electron chi connectivity index (χ3n) is 3.16. The van der Waals surface area contributed by atoms with Crippen molar-refractivity contribution in [2.45, 2.75) is 25.8 Å². The Morgan fingerprint density at radius 3 is 2.61 bits per heavy atom. The molecule has 1 aliphatic heterocycles. The van der Waals surface area contributed by atoms with Crippen LogP contribution in [0.5, 0.6) is 0 Å². The molecule has 1 atom stereocenters. The van der Waals surface area contributed by atoms with Crippen LogP contribution in [0.25, 0.3) is 0 Å². The van der Waals surface area contributed by atoms with Crippen LogP contribution in [-0.4, -0.2) is 29.2 Å². The molecule has 0 aromatic heterocycles. The molecule has 1 heterocycles. The lowest BCUT2D eigenvalue weighted by Gasteiger charge is -2.22. The molecule has 5 heteroatoms. The van der Waals surface area contributed by atoms with Crippen LogP contribution in [0.2, 0.25) is 0 Å². The van der Waals surface area contributed by atoms with Gasteiger partial charge < -0.3 is 4.90 Å². The number of Topliss-reactive ketones (excluding diaryl/α,β-unsaturated/α-hetero) is 1. The summed E-state index contributed by atoms with van der Waals surface area (Å²) in [6.07, 6.45) is 1.32. The molecule has 18 heavy (non-hydrogen) atoms. The molecule has 0 saturated carbocycles. The minimum absolute atomic E-state index is 0.104. The van der Waals surface area contributed by atoms with Crippen molar-refractivity contribution >= 4 is 11.7 Å². The van der Waals surface area contributed by atoms with E-state index in [-0.39, 0.29) is 17.3 Å². The zero-order valence-electron chi connectivity index (χ0n) is 9.95. The lowest BCUT2D eigenvalue weighted by Crippen LogP contribution is -2.39. The maximum absolute atomic E-state index is 13.1. The monoisotopic (exact) mass is 253 g/mol. The van der Waals surface area contributed by atoms with E-state index >= 15 is 0 Å². The highest BCUT2D eigenvalue weighted by Crippen LogP contribution is 2.22. The number of hydrogen-bond acceptors (Lipinski definition) is 2. The number of rotatable bonds is 2. The number of carbonyl (C=O) groups is 2. The molecular weight excluding hydrogens is 240 g/mol. The normalized spacial score (nSPS) is 19.1. The van der Waals surface area contributed by atoms with Gasteiger partial charge in [0.15, 0.2) is 17.4 Å². The van der Waals surface area contributed by atoms with Crippen molar-refractivity contribution in [3.05, 3.63) is 35.4 Å². The molecule has 2 rings (SSSR count). The molecule has 1 fully saturated rings. The molecule has 1 unspecified atom stereocenters. The largest absolute Gasteiger partial charge is 0.333 e. The summed E-state index contributed by atoms with van der Waals surface area (Å²) in [6, 6.07) is 2.51. The van der Waals surface area contributed by atoms with Gasteiger partial charge in [-0.15, -0.1) is 0 Å². The molecule has 3 nitrogen and oxygen atoms in total. The predicted molar refractivity (Wildman–Crippen MR) is 61.1 cm³/mol. The Morgan fingerprint density at radius 1 is 1.28 bits per heavy atom. The maximum atomic E-state index is 13.1. The fourth-order valence-electron chi connectivity index (χ4n) is 2.26. The molecule has 0 radical (unpaired) electrons. The van der Waals surface area contributed by atoms with Crippen LogP contribution >= 0.6 is 0 Å². The average Bonchev–Trinajstić information content (AvgIpc) is 2.81. The number of amides is 1. The summed E-state index contributed by atoms with van der Waals surface area (Å²) in [5.74, 6) is -2.54. The van der Waals surface area contributed by atoms with E-state index in [9.17, 15) is 18.4 Å². The summed E-state index contributed by atoms with van der Waals surface area (Å²) in [6.45, 7) is 1.94. The Kier molecular flexibility index (Phi) is 3.41. The quantitative estimate of drug-likeness (QED) is 0.757. The zero-order valence-corrected chi connectivity index (χ0v) is 9.95. The van der Waals surface area contributed by atoms with Crippen molar-refractivity contribution in [1.29, 1.82) is 0 Å². The summed E-state index contributed by atoms with van der Waals surface area (Å²) >= 11 is 0. The minimum atomic E-state index is -1.05. The Balaban J connectivity index is 2.25. The van der Waals surface area contributed by atoms with Crippen LogP contribution < -0.4 is 0 Å². The van der Waals surface area contributed by atoms with E-state index in [1.165, 1.54) is 17.9 Å². The van der Waals surface area contributed by atoms with Gasteiger partial charge in [-0.2, -0.15) is 0 Å². The molecule has 0 aliphatic carbocycles. The van der Waals surface area contributed by atoms with Crippen molar-refractivity contribution < 1.29 is 18.4 Å². The van der Waals surface area contributed by atoms with E-state index in [1.807, 2.05) is 0 Å². The summed E-state index contributed by atoms with van der Waals surface area (Å²) < 4.78 is 25.9. The first-order valence-electron chi connectivity index (χ1n) is 5.77. The Hall–Kier alpha value is -1.78. The first kappa shape index (κ1) is 12.7. The van der Waals surface area contributed by atoms with Gasteiger partial charge in [0.2, 0.25) is 5.91 Å². The summed E-state index contributed by atoms with van der Waals surface area (Å²) in [4.78, 5) is 25.0. The van der Waals surface area contributed by atoms with Gasteiger partial charge in [0, 0.05) is 19.0 Å². The Labute approximate surface area is 103 Å². The number of benzene rings is 1. The van der Waals surface area contributed by atoms with E-state index in [2.05, 4.69) is 0 Å². The zero-order chi connectivity index (χ0) is 13.3. The third kappa shape index (κ3) is 2.25. The predicted octanol–water partition coefficient (Wildman–Crippen LogP) is 2.16. The number of likely N-dealkylation sites (tertiary alicyclic amines) is 1. The molecule has 1 aromatic rings. The van der Waals surface area contributed by atoms with Gasteiger partial charge in [0.1, 0.15) is 0 Å². The van der Waals surface area contributed by atoms with E-state index < -0.39 is 17.7 Å². The topological polar surface area (TPSA) is 37.4 Å². The fraction of sp³-hybridized carbons (Fsp3) is 0.385. The molecule has 1 aromatic carbocycles.